The van der Waals surface area contributed by atoms with Gasteiger partial charge < -0.3 is 5.32 Å². The molecular weight excluding hydrogens is 771 g/mol. The first-order valence-corrected chi connectivity index (χ1v) is 23.3. The van der Waals surface area contributed by atoms with Gasteiger partial charge in [0.2, 0.25) is 0 Å². The molecule has 8 aromatic rings. The highest BCUT2D eigenvalue weighted by Gasteiger charge is 2.44. The lowest BCUT2D eigenvalue weighted by molar-refractivity contribution is 0.409. The van der Waals surface area contributed by atoms with E-state index in [1.807, 2.05) is 0 Å². The third-order valence-corrected chi connectivity index (χ3v) is 13.7. The zero-order valence-electron chi connectivity index (χ0n) is 38.7. The van der Waals surface area contributed by atoms with Gasteiger partial charge in [-0.25, -0.2) is 0 Å². The van der Waals surface area contributed by atoms with Gasteiger partial charge in [0.15, 0.2) is 0 Å². The minimum atomic E-state index is 0.0771. The standard InChI is InChI=1S/C37H37N.C26H24/c1-36(2,3)33-14-10-9-13-30(33)26-15-18-28(19-16-26)38-29-20-22-32-31-21-17-27(25-11-7-6-8-12-25)23-34(31)37(4,5)35(32)24-29;1-3-10-23-24(21-14-6-4-11-19(21)2)17-9-18-26(23)25-16-8-13-20-12-5-7-15-22(20)25/h6-23,35,38H,24H2,1-5H3;4-9,11-18H,3,10H2,1-2H3. The highest BCUT2D eigenvalue weighted by Crippen LogP contribution is 2.54. The first kappa shape index (κ1) is 42.6. The fourth-order valence-electron chi connectivity index (χ4n) is 10.3. The molecular formula is C63H61N. The Morgan fingerprint density at radius 2 is 1.16 bits per heavy atom. The van der Waals surface area contributed by atoms with Crippen molar-refractivity contribution in [2.75, 3.05) is 5.32 Å². The molecule has 2 aliphatic carbocycles. The third kappa shape index (κ3) is 8.40. The molecule has 0 radical (unpaired) electrons. The van der Waals surface area contributed by atoms with Crippen molar-refractivity contribution in [1.82, 2.24) is 0 Å². The maximum atomic E-state index is 3.74. The molecule has 0 fully saturated rings. The van der Waals surface area contributed by atoms with Gasteiger partial charge in [0, 0.05) is 11.4 Å². The van der Waals surface area contributed by atoms with Crippen molar-refractivity contribution in [1.29, 1.82) is 0 Å². The van der Waals surface area contributed by atoms with Crippen LogP contribution in [0.2, 0.25) is 0 Å². The van der Waals surface area contributed by atoms with Crippen LogP contribution in [0, 0.1) is 12.8 Å². The summed E-state index contributed by atoms with van der Waals surface area (Å²) in [4.78, 5) is 0. The molecule has 318 valence electrons. The molecule has 0 aromatic heterocycles. The van der Waals surface area contributed by atoms with Crippen LogP contribution in [0.4, 0.5) is 5.69 Å². The van der Waals surface area contributed by atoms with Crippen molar-refractivity contribution in [3.63, 3.8) is 0 Å². The molecule has 1 nitrogen and oxygen atoms in total. The van der Waals surface area contributed by atoms with Gasteiger partial charge in [-0.05, 0) is 149 Å². The summed E-state index contributed by atoms with van der Waals surface area (Å²) in [7, 11) is 0. The average Bonchev–Trinajstić information content (AvgIpc) is 3.54. The van der Waals surface area contributed by atoms with E-state index < -0.39 is 0 Å². The maximum Gasteiger partial charge on any atom is 0.0382 e. The van der Waals surface area contributed by atoms with Crippen LogP contribution in [0.3, 0.4) is 0 Å². The molecule has 1 N–H and O–H groups in total. The van der Waals surface area contributed by atoms with E-state index in [1.165, 1.54) is 94.4 Å². The van der Waals surface area contributed by atoms with Crippen LogP contribution in [0.5, 0.6) is 0 Å². The summed E-state index contributed by atoms with van der Waals surface area (Å²) in [5.74, 6) is 0.467. The summed E-state index contributed by atoms with van der Waals surface area (Å²) in [5.41, 5.74) is 21.7. The summed E-state index contributed by atoms with van der Waals surface area (Å²) < 4.78 is 0. The zero-order valence-corrected chi connectivity index (χ0v) is 38.7. The molecule has 0 spiro atoms. The van der Waals surface area contributed by atoms with Crippen molar-refractivity contribution in [3.05, 3.63) is 228 Å². The zero-order chi connectivity index (χ0) is 44.4. The lowest BCUT2D eigenvalue weighted by atomic mass is 9.74. The Morgan fingerprint density at radius 1 is 0.547 bits per heavy atom. The van der Waals surface area contributed by atoms with Crippen LogP contribution in [0.1, 0.15) is 82.2 Å². The molecule has 8 aromatic carbocycles. The molecule has 0 saturated heterocycles. The van der Waals surface area contributed by atoms with Crippen LogP contribution < -0.4 is 5.32 Å². The quantitative estimate of drug-likeness (QED) is 0.161. The number of allylic oxidation sites excluding steroid dienone is 4. The molecule has 0 bridgehead atoms. The largest absolute Gasteiger partial charge is 0.359 e. The van der Waals surface area contributed by atoms with E-state index >= 15 is 0 Å². The fraction of sp³-hybridized carbons (Fsp3) is 0.206. The lowest BCUT2D eigenvalue weighted by Crippen LogP contribution is -2.26. The normalized spacial score (nSPS) is 15.0. The highest BCUT2D eigenvalue weighted by molar-refractivity contribution is 5.98. The molecule has 0 heterocycles. The average molecular weight is 832 g/mol. The van der Waals surface area contributed by atoms with Gasteiger partial charge in [-0.2, -0.15) is 0 Å². The molecule has 1 atom stereocenters. The lowest BCUT2D eigenvalue weighted by Gasteiger charge is -2.32. The molecule has 10 rings (SSSR count). The summed E-state index contributed by atoms with van der Waals surface area (Å²) in [6.45, 7) is 16.1. The minimum absolute atomic E-state index is 0.0771. The number of hydrogen-bond donors (Lipinski definition) is 1. The minimum Gasteiger partial charge on any atom is -0.359 e. The van der Waals surface area contributed by atoms with Crippen molar-refractivity contribution < 1.29 is 0 Å². The Morgan fingerprint density at radius 3 is 1.91 bits per heavy atom. The molecule has 64 heavy (non-hydrogen) atoms. The SMILES string of the molecule is CC(C)(C)c1ccccc1-c1ccc(NC2=CC=C3c4ccc(-c5ccccc5)cc4C(C)(C)C3C2)cc1.CCCc1c(-c2ccccc2C)cccc1-c1cccc2ccccc12. The topological polar surface area (TPSA) is 12.0 Å². The monoisotopic (exact) mass is 831 g/mol. The van der Waals surface area contributed by atoms with Crippen molar-refractivity contribution >= 4 is 22.0 Å². The van der Waals surface area contributed by atoms with Gasteiger partial charge >= 0.3 is 0 Å². The molecule has 0 saturated carbocycles. The predicted molar refractivity (Wildman–Crippen MR) is 277 cm³/mol. The second-order valence-electron chi connectivity index (χ2n) is 19.3. The second kappa shape index (κ2) is 17.8. The van der Waals surface area contributed by atoms with E-state index in [0.29, 0.717) is 5.92 Å². The van der Waals surface area contributed by atoms with E-state index in [1.54, 1.807) is 0 Å². The number of fused-ring (bicyclic) bond motifs is 4. The summed E-state index contributed by atoms with van der Waals surface area (Å²) in [6, 6.07) is 66.3. The smallest absolute Gasteiger partial charge is 0.0382 e. The van der Waals surface area contributed by atoms with Crippen molar-refractivity contribution in [2.45, 2.75) is 78.6 Å². The van der Waals surface area contributed by atoms with Gasteiger partial charge in [-0.1, -0.05) is 218 Å². The number of aryl methyl sites for hydroxylation is 1. The molecule has 0 amide bonds. The van der Waals surface area contributed by atoms with Crippen LogP contribution in [-0.2, 0) is 17.3 Å². The van der Waals surface area contributed by atoms with Gasteiger partial charge in [-0.15, -0.1) is 0 Å². The molecule has 1 heteroatoms. The molecule has 1 unspecified atom stereocenters. The number of anilines is 1. The van der Waals surface area contributed by atoms with Crippen LogP contribution in [0.15, 0.2) is 200 Å². The summed E-state index contributed by atoms with van der Waals surface area (Å²) in [6.07, 6.45) is 7.87. The first-order valence-electron chi connectivity index (χ1n) is 23.3. The summed E-state index contributed by atoms with van der Waals surface area (Å²) in [5, 5.41) is 6.36. The van der Waals surface area contributed by atoms with Gasteiger partial charge in [0.1, 0.15) is 0 Å². The van der Waals surface area contributed by atoms with Gasteiger partial charge in [0.05, 0.1) is 0 Å². The van der Waals surface area contributed by atoms with E-state index in [9.17, 15) is 0 Å². The Labute approximate surface area is 382 Å². The van der Waals surface area contributed by atoms with Crippen LogP contribution in [0.25, 0.3) is 60.9 Å². The van der Waals surface area contributed by atoms with E-state index in [2.05, 4.69) is 248 Å². The fourth-order valence-corrected chi connectivity index (χ4v) is 10.3. The molecule has 0 aliphatic heterocycles. The third-order valence-electron chi connectivity index (χ3n) is 13.7. The van der Waals surface area contributed by atoms with Crippen molar-refractivity contribution in [2.24, 2.45) is 5.92 Å². The second-order valence-corrected chi connectivity index (χ2v) is 19.3. The van der Waals surface area contributed by atoms with E-state index in [0.717, 1.165) is 24.9 Å². The van der Waals surface area contributed by atoms with Gasteiger partial charge in [0.25, 0.3) is 0 Å². The molecule has 2 aliphatic rings. The van der Waals surface area contributed by atoms with Crippen molar-refractivity contribution in [3.8, 4) is 44.5 Å². The van der Waals surface area contributed by atoms with Crippen LogP contribution in [-0.4, -0.2) is 0 Å². The summed E-state index contributed by atoms with van der Waals surface area (Å²) >= 11 is 0. The number of hydrogen-bond acceptors (Lipinski definition) is 1. The Balaban J connectivity index is 0.000000174. The Bertz CT molecular complexity index is 3000. The van der Waals surface area contributed by atoms with Gasteiger partial charge in [-0.3, -0.25) is 0 Å². The Hall–Kier alpha value is -6.70. The predicted octanol–water partition coefficient (Wildman–Crippen LogP) is 17.4. The highest BCUT2D eigenvalue weighted by atomic mass is 14.9. The Kier molecular flexibility index (Phi) is 11.9. The number of rotatable bonds is 8. The number of nitrogens with one attached hydrogen (secondary N) is 1. The van der Waals surface area contributed by atoms with E-state index in [4.69, 9.17) is 0 Å². The first-order chi connectivity index (χ1) is 31.0. The van der Waals surface area contributed by atoms with E-state index in [-0.39, 0.29) is 10.8 Å². The number of benzene rings is 8. The maximum absolute atomic E-state index is 3.74. The van der Waals surface area contributed by atoms with Crippen LogP contribution >= 0.6 is 0 Å².